The van der Waals surface area contributed by atoms with Gasteiger partial charge < -0.3 is 24.5 Å². The van der Waals surface area contributed by atoms with E-state index in [1.54, 1.807) is 24.3 Å². The molecule has 0 aromatic heterocycles. The summed E-state index contributed by atoms with van der Waals surface area (Å²) in [6.07, 6.45) is 9.12. The molecule has 278 valence electrons. The predicted octanol–water partition coefficient (Wildman–Crippen LogP) is 5.47. The van der Waals surface area contributed by atoms with Crippen molar-refractivity contribution in [3.63, 3.8) is 0 Å². The molecule has 0 spiro atoms. The van der Waals surface area contributed by atoms with Crippen molar-refractivity contribution < 1.29 is 33.8 Å². The lowest BCUT2D eigenvalue weighted by Gasteiger charge is -2.32. The topological polar surface area (TPSA) is 128 Å². The van der Waals surface area contributed by atoms with E-state index in [0.717, 1.165) is 24.0 Å². The Hall–Kier alpha value is -4.15. The summed E-state index contributed by atoms with van der Waals surface area (Å²) in [4.78, 5) is 72.5. The van der Waals surface area contributed by atoms with E-state index < -0.39 is 6.09 Å². The van der Waals surface area contributed by atoms with Gasteiger partial charge in [-0.15, -0.1) is 0 Å². The Kier molecular flexibility index (Phi) is 18.3. The number of nitrogens with zero attached hydrogens (tertiary/aromatic N) is 4. The van der Waals surface area contributed by atoms with Crippen molar-refractivity contribution in [2.24, 2.45) is 17.8 Å². The van der Waals surface area contributed by atoms with Gasteiger partial charge in [-0.2, -0.15) is 0 Å². The van der Waals surface area contributed by atoms with Crippen molar-refractivity contribution >= 4 is 29.6 Å². The second-order valence-corrected chi connectivity index (χ2v) is 14.5. The van der Waals surface area contributed by atoms with E-state index >= 15 is 0 Å². The minimum absolute atomic E-state index is 0.0419. The number of ketones is 1. The molecule has 0 radical (unpaired) electrons. The smallest absolute Gasteiger partial charge is 0.410 e. The standard InChI is InChI=1S/C39H60N4O7/c1-29(2)17-20-41(36(46)26-42(21-18-30(3)4)39(49)50-28-34-11-9-8-10-12-34)25-38(48)43(23-31(5)6)27-37(47)40(24-32(7)44)22-19-33-13-15-35(45)16-14-33/h9,11-16,29-31,45H,8,10,17-28H2,1-7H3. The Morgan fingerprint density at radius 3 is 1.78 bits per heavy atom. The molecule has 0 fully saturated rings. The van der Waals surface area contributed by atoms with E-state index in [2.05, 4.69) is 0 Å². The summed E-state index contributed by atoms with van der Waals surface area (Å²) in [6.45, 7) is 14.0. The average molecular weight is 697 g/mol. The molecule has 1 aromatic carbocycles. The van der Waals surface area contributed by atoms with Crippen LogP contribution in [-0.4, -0.2) is 113 Å². The number of benzene rings is 1. The van der Waals surface area contributed by atoms with Crippen molar-refractivity contribution in [3.05, 3.63) is 53.6 Å². The molecule has 0 saturated carbocycles. The fourth-order valence-corrected chi connectivity index (χ4v) is 5.34. The van der Waals surface area contributed by atoms with Crippen molar-refractivity contribution in [3.8, 4) is 5.75 Å². The zero-order valence-corrected chi connectivity index (χ0v) is 31.4. The highest BCUT2D eigenvalue weighted by molar-refractivity contribution is 5.91. The minimum Gasteiger partial charge on any atom is -0.508 e. The van der Waals surface area contributed by atoms with Gasteiger partial charge in [0.05, 0.1) is 19.6 Å². The summed E-state index contributed by atoms with van der Waals surface area (Å²) in [5, 5.41) is 9.60. The summed E-state index contributed by atoms with van der Waals surface area (Å²) in [6, 6.07) is 6.67. The number of carbonyl (C=O) groups excluding carboxylic acids is 5. The Balaban J connectivity index is 2.21. The van der Waals surface area contributed by atoms with Crippen LogP contribution in [0.4, 0.5) is 4.79 Å². The van der Waals surface area contributed by atoms with Gasteiger partial charge in [0.1, 0.15) is 24.7 Å². The number of phenols is 1. The highest BCUT2D eigenvalue weighted by atomic mass is 16.6. The lowest BCUT2D eigenvalue weighted by atomic mass is 10.1. The maximum Gasteiger partial charge on any atom is 0.410 e. The zero-order valence-electron chi connectivity index (χ0n) is 31.4. The molecule has 0 saturated heterocycles. The van der Waals surface area contributed by atoms with Crippen LogP contribution in [0.2, 0.25) is 0 Å². The molecule has 11 heteroatoms. The molecular formula is C39H60N4O7. The number of Topliss-reactive ketones (excluding diaryl/α,β-unsaturated/α-hetero) is 1. The van der Waals surface area contributed by atoms with Crippen LogP contribution in [0.3, 0.4) is 0 Å². The van der Waals surface area contributed by atoms with Gasteiger partial charge in [0, 0.05) is 26.2 Å². The first-order valence-electron chi connectivity index (χ1n) is 18.0. The van der Waals surface area contributed by atoms with Crippen molar-refractivity contribution in [2.45, 2.75) is 80.6 Å². The summed E-state index contributed by atoms with van der Waals surface area (Å²) in [7, 11) is 0. The number of phenolic OH excluding ortho intramolecular Hbond substituents is 1. The molecule has 0 aliphatic heterocycles. The van der Waals surface area contributed by atoms with Gasteiger partial charge in [-0.3, -0.25) is 24.1 Å². The van der Waals surface area contributed by atoms with Crippen molar-refractivity contribution in [1.29, 1.82) is 0 Å². The fraction of sp³-hybridized carbons (Fsp3) is 0.615. The van der Waals surface area contributed by atoms with Crippen LogP contribution >= 0.6 is 0 Å². The molecular weight excluding hydrogens is 636 g/mol. The Morgan fingerprint density at radius 2 is 1.24 bits per heavy atom. The third-order valence-electron chi connectivity index (χ3n) is 8.29. The number of hydrogen-bond donors (Lipinski definition) is 1. The maximum absolute atomic E-state index is 13.9. The van der Waals surface area contributed by atoms with Crippen LogP contribution in [0.5, 0.6) is 5.75 Å². The van der Waals surface area contributed by atoms with Gasteiger partial charge in [0.25, 0.3) is 0 Å². The third kappa shape index (κ3) is 16.5. The first-order chi connectivity index (χ1) is 23.6. The van der Waals surface area contributed by atoms with Gasteiger partial charge >= 0.3 is 6.09 Å². The van der Waals surface area contributed by atoms with Crippen LogP contribution in [0.15, 0.2) is 48.1 Å². The van der Waals surface area contributed by atoms with E-state index in [1.165, 1.54) is 26.5 Å². The molecule has 0 unspecified atom stereocenters. The summed E-state index contributed by atoms with van der Waals surface area (Å²) in [5.74, 6) is -0.530. The highest BCUT2D eigenvalue weighted by Crippen LogP contribution is 2.14. The van der Waals surface area contributed by atoms with E-state index in [1.807, 2.05) is 59.8 Å². The molecule has 1 aliphatic rings. The van der Waals surface area contributed by atoms with E-state index in [0.29, 0.717) is 44.8 Å². The number of carbonyl (C=O) groups is 5. The van der Waals surface area contributed by atoms with Gasteiger partial charge in [-0.1, -0.05) is 71.9 Å². The number of rotatable bonds is 21. The van der Waals surface area contributed by atoms with Crippen molar-refractivity contribution in [1.82, 2.24) is 19.6 Å². The summed E-state index contributed by atoms with van der Waals surface area (Å²) in [5.41, 5.74) is 1.82. The molecule has 2 rings (SSSR count). The van der Waals surface area contributed by atoms with Gasteiger partial charge in [0.2, 0.25) is 17.7 Å². The Bertz CT molecular complexity index is 1320. The molecule has 4 amide bonds. The number of amides is 4. The molecule has 1 N–H and O–H groups in total. The monoisotopic (exact) mass is 696 g/mol. The fourth-order valence-electron chi connectivity index (χ4n) is 5.34. The SMILES string of the molecule is CC(=O)CN(CCc1ccc(O)cc1)C(=O)CN(CC(C)C)C(=O)CN(CCC(C)C)C(=O)CN(CCC(C)C)C(=O)OCC1=CCCC=C1. The number of aromatic hydroxyl groups is 1. The zero-order chi connectivity index (χ0) is 37.2. The minimum atomic E-state index is -0.570. The van der Waals surface area contributed by atoms with E-state index in [4.69, 9.17) is 4.74 Å². The van der Waals surface area contributed by atoms with Crippen LogP contribution in [0.25, 0.3) is 0 Å². The first-order valence-corrected chi connectivity index (χ1v) is 18.0. The third-order valence-corrected chi connectivity index (χ3v) is 8.29. The van der Waals surface area contributed by atoms with E-state index in [9.17, 15) is 29.1 Å². The van der Waals surface area contributed by atoms with Crippen molar-refractivity contribution in [2.75, 3.05) is 59.0 Å². The Labute approximate surface area is 299 Å². The first kappa shape index (κ1) is 42.0. The van der Waals surface area contributed by atoms with E-state index in [-0.39, 0.29) is 80.4 Å². The molecule has 11 nitrogen and oxygen atoms in total. The lowest BCUT2D eigenvalue weighted by Crippen LogP contribution is -2.51. The molecule has 0 bridgehead atoms. The second-order valence-electron chi connectivity index (χ2n) is 14.5. The maximum atomic E-state index is 13.9. The average Bonchev–Trinajstić information content (AvgIpc) is 3.05. The van der Waals surface area contributed by atoms with Crippen LogP contribution in [0.1, 0.15) is 79.7 Å². The predicted molar refractivity (Wildman–Crippen MR) is 195 cm³/mol. The lowest BCUT2D eigenvalue weighted by molar-refractivity contribution is -0.145. The van der Waals surface area contributed by atoms with Crippen LogP contribution < -0.4 is 0 Å². The summed E-state index contributed by atoms with van der Waals surface area (Å²) < 4.78 is 5.61. The quantitative estimate of drug-likeness (QED) is 0.181. The molecule has 0 heterocycles. The number of ether oxygens (including phenoxy) is 1. The number of allylic oxidation sites excluding steroid dienone is 2. The molecule has 0 atom stereocenters. The van der Waals surface area contributed by atoms with Gasteiger partial charge in [0.15, 0.2) is 0 Å². The second kappa shape index (κ2) is 21.8. The summed E-state index contributed by atoms with van der Waals surface area (Å²) >= 11 is 0. The largest absolute Gasteiger partial charge is 0.508 e. The van der Waals surface area contributed by atoms with Gasteiger partial charge in [-0.25, -0.2) is 4.79 Å². The normalized spacial score (nSPS) is 12.6. The van der Waals surface area contributed by atoms with Crippen LogP contribution in [-0.2, 0) is 30.3 Å². The Morgan fingerprint density at radius 1 is 0.700 bits per heavy atom. The number of hydrogen-bond acceptors (Lipinski definition) is 7. The molecule has 1 aromatic rings. The van der Waals surface area contributed by atoms with Gasteiger partial charge in [-0.05, 0) is 80.1 Å². The van der Waals surface area contributed by atoms with Crippen LogP contribution in [0, 0.1) is 17.8 Å². The highest BCUT2D eigenvalue weighted by Gasteiger charge is 2.28. The molecule has 1 aliphatic carbocycles. The molecule has 50 heavy (non-hydrogen) atoms.